The standard InChI is InChI=1S/C19H26N4O2/c1-13-7-3-5-9-15(13)21-18(24)12-23(2)11-17-20-16-10-6-4-8-14(16)19(25)22-17/h4,6,8,10,13,15H,3,5,7,9,11-12H2,1-2H3,(H,21,24)(H,20,22,25)/t13-,15+/m0/s1. The Bertz CT molecular complexity index is 801. The third kappa shape index (κ3) is 4.45. The van der Waals surface area contributed by atoms with Crippen LogP contribution in [0.15, 0.2) is 29.1 Å². The van der Waals surface area contributed by atoms with Crippen molar-refractivity contribution in [3.05, 3.63) is 40.4 Å². The van der Waals surface area contributed by atoms with Crippen molar-refractivity contribution in [2.24, 2.45) is 5.92 Å². The maximum absolute atomic E-state index is 12.3. The van der Waals surface area contributed by atoms with E-state index in [-0.39, 0.29) is 17.5 Å². The summed E-state index contributed by atoms with van der Waals surface area (Å²) in [5.74, 6) is 1.15. The summed E-state index contributed by atoms with van der Waals surface area (Å²) in [5.41, 5.74) is 0.532. The Balaban J connectivity index is 1.59. The molecule has 1 aliphatic carbocycles. The molecule has 1 saturated carbocycles. The van der Waals surface area contributed by atoms with Crippen molar-refractivity contribution in [1.82, 2.24) is 20.2 Å². The summed E-state index contributed by atoms with van der Waals surface area (Å²) in [6.45, 7) is 2.92. The number of nitrogens with zero attached hydrogens (tertiary/aromatic N) is 2. The highest BCUT2D eigenvalue weighted by atomic mass is 16.2. The van der Waals surface area contributed by atoms with Gasteiger partial charge < -0.3 is 10.3 Å². The fourth-order valence-electron chi connectivity index (χ4n) is 3.55. The second-order valence-corrected chi connectivity index (χ2v) is 7.14. The number of rotatable bonds is 5. The van der Waals surface area contributed by atoms with E-state index in [1.54, 1.807) is 6.07 Å². The number of carbonyl (C=O) groups excluding carboxylic acids is 1. The number of likely N-dealkylation sites (N-methyl/N-ethyl adjacent to an activating group) is 1. The maximum Gasteiger partial charge on any atom is 0.258 e. The van der Waals surface area contributed by atoms with E-state index in [2.05, 4.69) is 22.2 Å². The van der Waals surface area contributed by atoms with Crippen molar-refractivity contribution in [1.29, 1.82) is 0 Å². The SMILES string of the molecule is C[C@H]1CCCC[C@H]1NC(=O)CN(C)Cc1nc2ccccc2c(=O)[nH]1. The number of carbonyl (C=O) groups is 1. The number of amides is 1. The monoisotopic (exact) mass is 342 g/mol. The molecule has 2 N–H and O–H groups in total. The number of H-pyrrole nitrogens is 1. The van der Waals surface area contributed by atoms with Gasteiger partial charge in [-0.1, -0.05) is 31.9 Å². The molecule has 1 heterocycles. The van der Waals surface area contributed by atoms with Crippen LogP contribution in [0, 0.1) is 5.92 Å². The van der Waals surface area contributed by atoms with Crippen LogP contribution in [0.25, 0.3) is 10.9 Å². The van der Waals surface area contributed by atoms with Gasteiger partial charge in [0.05, 0.1) is 24.0 Å². The molecule has 0 saturated heterocycles. The molecular weight excluding hydrogens is 316 g/mol. The molecule has 134 valence electrons. The van der Waals surface area contributed by atoms with E-state index in [9.17, 15) is 9.59 Å². The molecule has 1 fully saturated rings. The van der Waals surface area contributed by atoms with Crippen LogP contribution in [0.5, 0.6) is 0 Å². The maximum atomic E-state index is 12.3. The van der Waals surface area contributed by atoms with Gasteiger partial charge in [-0.15, -0.1) is 0 Å². The third-order valence-electron chi connectivity index (χ3n) is 4.95. The number of benzene rings is 1. The number of para-hydroxylation sites is 1. The number of nitrogens with one attached hydrogen (secondary N) is 2. The molecule has 1 aromatic carbocycles. The topological polar surface area (TPSA) is 78.1 Å². The van der Waals surface area contributed by atoms with Gasteiger partial charge in [-0.2, -0.15) is 0 Å². The largest absolute Gasteiger partial charge is 0.352 e. The minimum atomic E-state index is -0.144. The van der Waals surface area contributed by atoms with Gasteiger partial charge >= 0.3 is 0 Å². The first-order chi connectivity index (χ1) is 12.0. The molecule has 0 spiro atoms. The number of hydrogen-bond acceptors (Lipinski definition) is 4. The van der Waals surface area contributed by atoms with E-state index in [1.807, 2.05) is 30.1 Å². The van der Waals surface area contributed by atoms with Crippen LogP contribution < -0.4 is 10.9 Å². The fraction of sp³-hybridized carbons (Fsp3) is 0.526. The second kappa shape index (κ2) is 7.78. The quantitative estimate of drug-likeness (QED) is 0.872. The lowest BCUT2D eigenvalue weighted by Crippen LogP contribution is -2.45. The lowest BCUT2D eigenvalue weighted by atomic mass is 9.86. The molecule has 6 heteroatoms. The van der Waals surface area contributed by atoms with Crippen LogP contribution >= 0.6 is 0 Å². The predicted octanol–water partition coefficient (Wildman–Crippen LogP) is 2.05. The van der Waals surface area contributed by atoms with Gasteiger partial charge in [0.15, 0.2) is 0 Å². The van der Waals surface area contributed by atoms with E-state index in [0.717, 1.165) is 6.42 Å². The summed E-state index contributed by atoms with van der Waals surface area (Å²) >= 11 is 0. The highest BCUT2D eigenvalue weighted by Gasteiger charge is 2.23. The average Bonchev–Trinajstić information content (AvgIpc) is 2.57. The van der Waals surface area contributed by atoms with Crippen LogP contribution in [0.1, 0.15) is 38.4 Å². The third-order valence-corrected chi connectivity index (χ3v) is 4.95. The summed E-state index contributed by atoms with van der Waals surface area (Å²) in [5, 5.41) is 3.73. The Morgan fingerprint density at radius 2 is 2.08 bits per heavy atom. The number of aromatic nitrogens is 2. The van der Waals surface area contributed by atoms with E-state index < -0.39 is 0 Å². The first-order valence-corrected chi connectivity index (χ1v) is 8.99. The first kappa shape index (κ1) is 17.6. The number of fused-ring (bicyclic) bond motifs is 1. The van der Waals surface area contributed by atoms with Crippen molar-refractivity contribution < 1.29 is 4.79 Å². The van der Waals surface area contributed by atoms with Crippen molar-refractivity contribution in [2.75, 3.05) is 13.6 Å². The Labute approximate surface area is 147 Å². The van der Waals surface area contributed by atoms with Gasteiger partial charge in [0.2, 0.25) is 5.91 Å². The molecule has 25 heavy (non-hydrogen) atoms. The first-order valence-electron chi connectivity index (χ1n) is 8.99. The summed E-state index contributed by atoms with van der Waals surface area (Å²) in [7, 11) is 1.86. The smallest absolute Gasteiger partial charge is 0.258 e. The zero-order valence-corrected chi connectivity index (χ0v) is 14.9. The Morgan fingerprint density at radius 1 is 1.32 bits per heavy atom. The molecule has 1 aromatic heterocycles. The Kier molecular flexibility index (Phi) is 5.48. The molecule has 3 rings (SSSR count). The molecule has 0 unspecified atom stereocenters. The zero-order chi connectivity index (χ0) is 17.8. The van der Waals surface area contributed by atoms with Crippen molar-refractivity contribution >= 4 is 16.8 Å². The molecule has 1 amide bonds. The molecule has 0 radical (unpaired) electrons. The minimum Gasteiger partial charge on any atom is -0.352 e. The van der Waals surface area contributed by atoms with Crippen LogP contribution in [0.2, 0.25) is 0 Å². The molecule has 0 aliphatic heterocycles. The average molecular weight is 342 g/mol. The summed E-state index contributed by atoms with van der Waals surface area (Å²) in [6, 6.07) is 7.55. The highest BCUT2D eigenvalue weighted by Crippen LogP contribution is 2.23. The Morgan fingerprint density at radius 3 is 2.88 bits per heavy atom. The lowest BCUT2D eigenvalue weighted by molar-refractivity contribution is -0.123. The summed E-state index contributed by atoms with van der Waals surface area (Å²) in [6.07, 6.45) is 4.70. The van der Waals surface area contributed by atoms with Crippen molar-refractivity contribution in [3.63, 3.8) is 0 Å². The number of hydrogen-bond donors (Lipinski definition) is 2. The molecular formula is C19H26N4O2. The normalized spacial score (nSPS) is 20.8. The molecule has 2 atom stereocenters. The molecule has 1 aliphatic rings. The van der Waals surface area contributed by atoms with Crippen molar-refractivity contribution in [2.45, 2.75) is 45.2 Å². The van der Waals surface area contributed by atoms with Crippen LogP contribution in [-0.4, -0.2) is 40.4 Å². The fourth-order valence-corrected chi connectivity index (χ4v) is 3.55. The van der Waals surface area contributed by atoms with Gasteiger partial charge in [0.1, 0.15) is 5.82 Å². The number of aromatic amines is 1. The van der Waals surface area contributed by atoms with E-state index in [4.69, 9.17) is 0 Å². The summed E-state index contributed by atoms with van der Waals surface area (Å²) in [4.78, 5) is 33.6. The van der Waals surface area contributed by atoms with Gasteiger partial charge in [-0.25, -0.2) is 4.98 Å². The molecule has 0 bridgehead atoms. The molecule has 2 aromatic rings. The van der Waals surface area contributed by atoms with Crippen LogP contribution in [0.3, 0.4) is 0 Å². The minimum absolute atomic E-state index is 0.0318. The van der Waals surface area contributed by atoms with Gasteiger partial charge in [0, 0.05) is 6.04 Å². The second-order valence-electron chi connectivity index (χ2n) is 7.14. The van der Waals surface area contributed by atoms with Crippen LogP contribution in [-0.2, 0) is 11.3 Å². The Hall–Kier alpha value is -2.21. The van der Waals surface area contributed by atoms with Gasteiger partial charge in [0.25, 0.3) is 5.56 Å². The summed E-state index contributed by atoms with van der Waals surface area (Å²) < 4.78 is 0. The predicted molar refractivity (Wildman–Crippen MR) is 98.3 cm³/mol. The van der Waals surface area contributed by atoms with E-state index in [0.29, 0.717) is 35.7 Å². The van der Waals surface area contributed by atoms with Gasteiger partial charge in [-0.05, 0) is 37.9 Å². The van der Waals surface area contributed by atoms with E-state index in [1.165, 1.54) is 19.3 Å². The van der Waals surface area contributed by atoms with Crippen LogP contribution in [0.4, 0.5) is 0 Å². The van der Waals surface area contributed by atoms with Crippen molar-refractivity contribution in [3.8, 4) is 0 Å². The zero-order valence-electron chi connectivity index (χ0n) is 14.9. The molecule has 6 nitrogen and oxygen atoms in total. The lowest BCUT2D eigenvalue weighted by Gasteiger charge is -2.30. The highest BCUT2D eigenvalue weighted by molar-refractivity contribution is 5.78. The van der Waals surface area contributed by atoms with E-state index >= 15 is 0 Å². The van der Waals surface area contributed by atoms with Gasteiger partial charge in [-0.3, -0.25) is 14.5 Å².